The molecule has 3 rings (SSSR count). The van der Waals surface area contributed by atoms with Crippen LogP contribution < -0.4 is 11.3 Å². The summed E-state index contributed by atoms with van der Waals surface area (Å²) in [6, 6.07) is 10.7. The van der Waals surface area contributed by atoms with Crippen LogP contribution in [0, 0.1) is 11.8 Å². The summed E-state index contributed by atoms with van der Waals surface area (Å²) in [4.78, 5) is 4.35. The van der Waals surface area contributed by atoms with E-state index in [0.29, 0.717) is 5.92 Å². The Morgan fingerprint density at radius 3 is 2.89 bits per heavy atom. The van der Waals surface area contributed by atoms with Crippen molar-refractivity contribution < 1.29 is 0 Å². The van der Waals surface area contributed by atoms with Gasteiger partial charge in [0.25, 0.3) is 0 Å². The van der Waals surface area contributed by atoms with Crippen LogP contribution in [0.3, 0.4) is 0 Å². The molecule has 1 aliphatic carbocycles. The summed E-state index contributed by atoms with van der Waals surface area (Å²) in [6.07, 6.45) is 4.51. The number of fused-ring (bicyclic) bond motifs is 1. The molecule has 3 heteroatoms. The smallest absolute Gasteiger partial charge is 0.0702 e. The van der Waals surface area contributed by atoms with E-state index in [-0.39, 0.29) is 6.04 Å². The van der Waals surface area contributed by atoms with Gasteiger partial charge in [0.1, 0.15) is 0 Å². The Labute approximate surface area is 107 Å². The molecule has 1 fully saturated rings. The van der Waals surface area contributed by atoms with Gasteiger partial charge in [-0.2, -0.15) is 0 Å². The predicted octanol–water partition coefficient (Wildman–Crippen LogP) is 2.79. The zero-order valence-electron chi connectivity index (χ0n) is 10.6. The van der Waals surface area contributed by atoms with Crippen molar-refractivity contribution in [2.75, 3.05) is 0 Å². The molecule has 1 heterocycles. The van der Waals surface area contributed by atoms with Crippen molar-refractivity contribution in [2.24, 2.45) is 17.7 Å². The molecule has 2 aromatic rings. The van der Waals surface area contributed by atoms with Crippen LogP contribution in [0.5, 0.6) is 0 Å². The van der Waals surface area contributed by atoms with Gasteiger partial charge in [0.05, 0.1) is 5.52 Å². The van der Waals surface area contributed by atoms with Crippen molar-refractivity contribution in [2.45, 2.75) is 25.8 Å². The molecule has 94 valence electrons. The molecule has 2 atom stereocenters. The van der Waals surface area contributed by atoms with Gasteiger partial charge in [0.2, 0.25) is 0 Å². The zero-order valence-corrected chi connectivity index (χ0v) is 10.6. The van der Waals surface area contributed by atoms with E-state index in [1.807, 2.05) is 12.3 Å². The number of nitrogens with one attached hydrogen (secondary N) is 1. The van der Waals surface area contributed by atoms with Gasteiger partial charge in [-0.15, -0.1) is 0 Å². The van der Waals surface area contributed by atoms with Crippen molar-refractivity contribution in [3.8, 4) is 0 Å². The molecule has 1 aromatic heterocycles. The third kappa shape index (κ3) is 2.11. The molecule has 1 aromatic carbocycles. The molecule has 0 aliphatic heterocycles. The second kappa shape index (κ2) is 4.67. The van der Waals surface area contributed by atoms with Crippen molar-refractivity contribution in [3.63, 3.8) is 0 Å². The van der Waals surface area contributed by atoms with Gasteiger partial charge in [0, 0.05) is 17.6 Å². The Bertz CT molecular complexity index is 548. The van der Waals surface area contributed by atoms with Gasteiger partial charge in [-0.3, -0.25) is 16.3 Å². The first-order chi connectivity index (χ1) is 8.79. The third-order valence-corrected chi connectivity index (χ3v) is 4.06. The molecule has 0 amide bonds. The van der Waals surface area contributed by atoms with E-state index in [1.54, 1.807) is 0 Å². The van der Waals surface area contributed by atoms with E-state index < -0.39 is 0 Å². The number of hydrogen-bond acceptors (Lipinski definition) is 3. The number of pyridine rings is 1. The lowest BCUT2D eigenvalue weighted by atomic mass is 9.90. The Morgan fingerprint density at radius 2 is 2.17 bits per heavy atom. The van der Waals surface area contributed by atoms with Crippen LogP contribution in [-0.4, -0.2) is 4.98 Å². The van der Waals surface area contributed by atoms with Gasteiger partial charge in [0.15, 0.2) is 0 Å². The number of hydrazine groups is 1. The lowest BCUT2D eigenvalue weighted by Crippen LogP contribution is -2.33. The predicted molar refractivity (Wildman–Crippen MR) is 73.7 cm³/mol. The van der Waals surface area contributed by atoms with Crippen LogP contribution in [0.1, 0.15) is 31.4 Å². The maximum atomic E-state index is 5.75. The minimum atomic E-state index is 0.238. The molecule has 3 nitrogen and oxygen atoms in total. The van der Waals surface area contributed by atoms with Gasteiger partial charge in [-0.1, -0.05) is 19.1 Å². The molecule has 0 saturated heterocycles. The number of rotatable bonds is 4. The molecule has 0 bridgehead atoms. The van der Waals surface area contributed by atoms with Crippen LogP contribution in [0.2, 0.25) is 0 Å². The van der Waals surface area contributed by atoms with E-state index in [2.05, 4.69) is 41.6 Å². The van der Waals surface area contributed by atoms with Crippen LogP contribution in [0.25, 0.3) is 10.9 Å². The SMILES string of the molecule is CC(C1CC1)C(NN)c1ccc2ncccc2c1. The quantitative estimate of drug-likeness (QED) is 0.639. The Hall–Kier alpha value is -1.45. The van der Waals surface area contributed by atoms with Gasteiger partial charge in [-0.25, -0.2) is 0 Å². The molecular formula is C15H19N3. The number of aromatic nitrogens is 1. The highest BCUT2D eigenvalue weighted by molar-refractivity contribution is 5.79. The van der Waals surface area contributed by atoms with Gasteiger partial charge in [-0.05, 0) is 48.4 Å². The first kappa shape index (κ1) is 11.6. The molecular weight excluding hydrogens is 222 g/mol. The van der Waals surface area contributed by atoms with Gasteiger partial charge >= 0.3 is 0 Å². The number of benzene rings is 1. The Morgan fingerprint density at radius 1 is 1.33 bits per heavy atom. The van der Waals surface area contributed by atoms with E-state index in [0.717, 1.165) is 11.4 Å². The summed E-state index contributed by atoms with van der Waals surface area (Å²) < 4.78 is 0. The maximum absolute atomic E-state index is 5.75. The highest BCUT2D eigenvalue weighted by Crippen LogP contribution is 2.42. The van der Waals surface area contributed by atoms with Crippen LogP contribution in [0.15, 0.2) is 36.5 Å². The Balaban J connectivity index is 1.95. The first-order valence-electron chi connectivity index (χ1n) is 6.60. The van der Waals surface area contributed by atoms with Crippen molar-refractivity contribution >= 4 is 10.9 Å². The largest absolute Gasteiger partial charge is 0.271 e. The van der Waals surface area contributed by atoms with E-state index >= 15 is 0 Å². The summed E-state index contributed by atoms with van der Waals surface area (Å²) in [5.74, 6) is 7.17. The van der Waals surface area contributed by atoms with Crippen LogP contribution in [-0.2, 0) is 0 Å². The molecule has 1 aliphatic rings. The molecule has 2 unspecified atom stereocenters. The van der Waals surface area contributed by atoms with E-state index in [9.17, 15) is 0 Å². The summed E-state index contributed by atoms with van der Waals surface area (Å²) in [5.41, 5.74) is 5.28. The third-order valence-electron chi connectivity index (χ3n) is 4.06. The topological polar surface area (TPSA) is 50.9 Å². The normalized spacial score (nSPS) is 18.8. The Kier molecular flexibility index (Phi) is 3.02. The molecule has 18 heavy (non-hydrogen) atoms. The standard InChI is InChI=1S/C15H19N3/c1-10(11-4-5-11)15(18-16)13-6-7-14-12(9-13)3-2-8-17-14/h2-3,6-11,15,18H,4-5,16H2,1H3. The number of nitrogens with zero attached hydrogens (tertiary/aromatic N) is 1. The zero-order chi connectivity index (χ0) is 12.5. The van der Waals surface area contributed by atoms with Crippen LogP contribution in [0.4, 0.5) is 0 Å². The second-order valence-corrected chi connectivity index (χ2v) is 5.30. The lowest BCUT2D eigenvalue weighted by Gasteiger charge is -2.23. The molecule has 0 radical (unpaired) electrons. The summed E-state index contributed by atoms with van der Waals surface area (Å²) in [6.45, 7) is 2.29. The van der Waals surface area contributed by atoms with Crippen molar-refractivity contribution in [3.05, 3.63) is 42.1 Å². The highest BCUT2D eigenvalue weighted by atomic mass is 15.2. The summed E-state index contributed by atoms with van der Waals surface area (Å²) in [7, 11) is 0. The van der Waals surface area contributed by atoms with Crippen molar-refractivity contribution in [1.82, 2.24) is 10.4 Å². The first-order valence-corrected chi connectivity index (χ1v) is 6.60. The summed E-state index contributed by atoms with van der Waals surface area (Å²) in [5, 5.41) is 1.18. The fourth-order valence-corrected chi connectivity index (χ4v) is 2.73. The maximum Gasteiger partial charge on any atom is 0.0702 e. The average Bonchev–Trinajstić information content (AvgIpc) is 3.23. The molecule has 0 spiro atoms. The van der Waals surface area contributed by atoms with Crippen LogP contribution >= 0.6 is 0 Å². The summed E-state index contributed by atoms with van der Waals surface area (Å²) >= 11 is 0. The van der Waals surface area contributed by atoms with Crippen molar-refractivity contribution in [1.29, 1.82) is 0 Å². The van der Waals surface area contributed by atoms with E-state index in [4.69, 9.17) is 5.84 Å². The highest BCUT2D eigenvalue weighted by Gasteiger charge is 2.33. The van der Waals surface area contributed by atoms with Gasteiger partial charge < -0.3 is 0 Å². The fraction of sp³-hybridized carbons (Fsp3) is 0.400. The minimum absolute atomic E-state index is 0.238. The molecule has 1 saturated carbocycles. The number of nitrogens with two attached hydrogens (primary N) is 1. The fourth-order valence-electron chi connectivity index (χ4n) is 2.73. The van der Waals surface area contributed by atoms with E-state index in [1.165, 1.54) is 23.8 Å². The molecule has 3 N–H and O–H groups in total. The number of hydrogen-bond donors (Lipinski definition) is 2. The minimum Gasteiger partial charge on any atom is -0.271 e. The monoisotopic (exact) mass is 241 g/mol. The second-order valence-electron chi connectivity index (χ2n) is 5.30. The average molecular weight is 241 g/mol. The lowest BCUT2D eigenvalue weighted by molar-refractivity contribution is 0.354.